The maximum atomic E-state index is 13.5. The van der Waals surface area contributed by atoms with E-state index in [1.165, 1.54) is 36.7 Å². The van der Waals surface area contributed by atoms with E-state index in [9.17, 15) is 22.8 Å². The number of hydrogen-bond acceptors (Lipinski definition) is 8. The van der Waals surface area contributed by atoms with Crippen LogP contribution in [0.25, 0.3) is 21.5 Å². The van der Waals surface area contributed by atoms with Crippen molar-refractivity contribution >= 4 is 44.2 Å². The number of carbonyl (C=O) groups is 2. The summed E-state index contributed by atoms with van der Waals surface area (Å²) in [7, 11) is 0. The molecule has 1 unspecified atom stereocenters. The van der Waals surface area contributed by atoms with E-state index < -0.39 is 23.7 Å². The average molecular weight is 557 g/mol. The van der Waals surface area contributed by atoms with Gasteiger partial charge >= 0.3 is 6.18 Å². The number of amides is 2. The van der Waals surface area contributed by atoms with Crippen LogP contribution in [0.1, 0.15) is 32.3 Å². The Hall–Kier alpha value is -4.10. The van der Waals surface area contributed by atoms with Crippen molar-refractivity contribution < 1.29 is 27.5 Å². The largest absolute Gasteiger partial charge is 0.437 e. The van der Waals surface area contributed by atoms with E-state index in [2.05, 4.69) is 30.9 Å². The normalized spacial score (nSPS) is 17.3. The molecule has 0 radical (unpaired) electrons. The van der Waals surface area contributed by atoms with Crippen molar-refractivity contribution in [3.63, 3.8) is 0 Å². The number of aromatic nitrogens is 3. The number of hydrogen-bond donors (Lipinski definition) is 3. The predicted molar refractivity (Wildman–Crippen MR) is 141 cm³/mol. The number of anilines is 2. The molecule has 0 bridgehead atoms. The first-order chi connectivity index (χ1) is 18.6. The number of nitrogens with zero attached hydrogens (tertiary/aromatic N) is 3. The van der Waals surface area contributed by atoms with Gasteiger partial charge in [-0.2, -0.15) is 13.2 Å². The number of fused-ring (bicyclic) bond motifs is 1. The van der Waals surface area contributed by atoms with Gasteiger partial charge in [-0.15, -0.1) is 0 Å². The highest BCUT2D eigenvalue weighted by Gasteiger charge is 2.32. The van der Waals surface area contributed by atoms with Crippen molar-refractivity contribution in [1.82, 2.24) is 20.3 Å². The first-order valence-corrected chi connectivity index (χ1v) is 12.8. The highest BCUT2D eigenvalue weighted by molar-refractivity contribution is 7.22. The number of thiazole rings is 1. The molecule has 1 saturated heterocycles. The van der Waals surface area contributed by atoms with Crippen molar-refractivity contribution in [2.75, 3.05) is 10.6 Å². The molecule has 202 valence electrons. The standard InChI is InChI=1S/C26H23F3N6O3S/c1-13-6-9-17(32-13)24(37)34-19-10-15(26(27,28)29)7-8-16(19)18-11-22(31-12-30-18)38-20-4-3-5-21-23(20)35-25(39-21)33-14(2)36/h3-5,7-8,10-13,17,32H,6,9H2,1-2H3,(H,34,37)(H,33,35,36)/t13?,17-/m0/s1. The highest BCUT2D eigenvalue weighted by atomic mass is 32.1. The van der Waals surface area contributed by atoms with Crippen LogP contribution in [-0.2, 0) is 15.8 Å². The van der Waals surface area contributed by atoms with Crippen LogP contribution in [0.3, 0.4) is 0 Å². The van der Waals surface area contributed by atoms with Gasteiger partial charge in [0, 0.05) is 24.6 Å². The first kappa shape index (κ1) is 26.5. The number of carbonyl (C=O) groups excluding carboxylic acids is 2. The molecule has 13 heteroatoms. The second kappa shape index (κ2) is 10.6. The molecule has 0 spiro atoms. The topological polar surface area (TPSA) is 118 Å². The molecule has 4 aromatic rings. The molecular formula is C26H23F3N6O3S. The fourth-order valence-corrected chi connectivity index (χ4v) is 5.20. The summed E-state index contributed by atoms with van der Waals surface area (Å²) in [6.45, 7) is 3.33. The fraction of sp³-hybridized carbons (Fsp3) is 0.269. The summed E-state index contributed by atoms with van der Waals surface area (Å²) in [4.78, 5) is 37.0. The Morgan fingerprint density at radius 3 is 2.64 bits per heavy atom. The van der Waals surface area contributed by atoms with Gasteiger partial charge in [-0.1, -0.05) is 23.5 Å². The highest BCUT2D eigenvalue weighted by Crippen LogP contribution is 2.38. The number of halogens is 3. The van der Waals surface area contributed by atoms with E-state index in [1.54, 1.807) is 12.1 Å². The minimum absolute atomic E-state index is 0.0256. The number of ether oxygens (including phenoxy) is 1. The van der Waals surface area contributed by atoms with E-state index in [1.807, 2.05) is 13.0 Å². The summed E-state index contributed by atoms with van der Waals surface area (Å²) in [5.41, 5.74) is 0.107. The summed E-state index contributed by atoms with van der Waals surface area (Å²) < 4.78 is 47.2. The van der Waals surface area contributed by atoms with E-state index in [0.29, 0.717) is 22.8 Å². The van der Waals surface area contributed by atoms with E-state index in [0.717, 1.165) is 23.3 Å². The zero-order chi connectivity index (χ0) is 27.7. The molecular weight excluding hydrogens is 533 g/mol. The summed E-state index contributed by atoms with van der Waals surface area (Å²) in [6.07, 6.45) is -2.00. The Morgan fingerprint density at radius 2 is 1.92 bits per heavy atom. The summed E-state index contributed by atoms with van der Waals surface area (Å²) in [5.74, 6) is -0.192. The molecule has 2 atom stereocenters. The van der Waals surface area contributed by atoms with Crippen molar-refractivity contribution in [1.29, 1.82) is 0 Å². The molecule has 5 rings (SSSR count). The molecule has 39 heavy (non-hydrogen) atoms. The number of rotatable bonds is 6. The second-order valence-electron chi connectivity index (χ2n) is 9.09. The average Bonchev–Trinajstić information content (AvgIpc) is 3.49. The zero-order valence-corrected chi connectivity index (χ0v) is 21.6. The lowest BCUT2D eigenvalue weighted by Crippen LogP contribution is -2.38. The molecule has 9 nitrogen and oxygen atoms in total. The quantitative estimate of drug-likeness (QED) is 0.283. The van der Waals surface area contributed by atoms with Crippen LogP contribution in [0.4, 0.5) is 24.0 Å². The Labute approximate surface area is 224 Å². The van der Waals surface area contributed by atoms with Crippen LogP contribution < -0.4 is 20.7 Å². The monoisotopic (exact) mass is 556 g/mol. The zero-order valence-electron chi connectivity index (χ0n) is 20.8. The third-order valence-corrected chi connectivity index (χ3v) is 7.03. The van der Waals surface area contributed by atoms with Gasteiger partial charge in [-0.05, 0) is 44.0 Å². The van der Waals surface area contributed by atoms with Crippen molar-refractivity contribution in [3.05, 3.63) is 54.4 Å². The molecule has 2 amide bonds. The number of alkyl halides is 3. The minimum Gasteiger partial charge on any atom is -0.437 e. The van der Waals surface area contributed by atoms with Crippen LogP contribution in [0, 0.1) is 0 Å². The van der Waals surface area contributed by atoms with Gasteiger partial charge in [-0.3, -0.25) is 9.59 Å². The summed E-state index contributed by atoms with van der Waals surface area (Å²) >= 11 is 1.28. The summed E-state index contributed by atoms with van der Waals surface area (Å²) in [5, 5.41) is 8.84. The Bertz CT molecular complexity index is 1560. The lowest BCUT2D eigenvalue weighted by molar-refractivity contribution is -0.137. The fourth-order valence-electron chi connectivity index (χ4n) is 4.27. The van der Waals surface area contributed by atoms with Crippen LogP contribution in [0.2, 0.25) is 0 Å². The van der Waals surface area contributed by atoms with Crippen LogP contribution in [0.5, 0.6) is 11.6 Å². The van der Waals surface area contributed by atoms with Gasteiger partial charge in [0.15, 0.2) is 10.9 Å². The van der Waals surface area contributed by atoms with Crippen LogP contribution in [0.15, 0.2) is 48.8 Å². The molecule has 1 aliphatic heterocycles. The van der Waals surface area contributed by atoms with Crippen molar-refractivity contribution in [3.8, 4) is 22.9 Å². The maximum absolute atomic E-state index is 13.5. The first-order valence-electron chi connectivity index (χ1n) is 12.0. The molecule has 1 aliphatic rings. The molecule has 1 fully saturated rings. The third kappa shape index (κ3) is 5.99. The molecule has 3 N–H and O–H groups in total. The lowest BCUT2D eigenvalue weighted by atomic mass is 10.0. The van der Waals surface area contributed by atoms with Crippen molar-refractivity contribution in [2.45, 2.75) is 44.9 Å². The Balaban J connectivity index is 1.47. The Kier molecular flexibility index (Phi) is 7.19. The van der Waals surface area contributed by atoms with E-state index in [-0.39, 0.29) is 34.8 Å². The SMILES string of the molecule is CC(=O)Nc1nc2c(Oc3cc(-c4ccc(C(F)(F)F)cc4NC(=O)[C@@H]4CCC(C)N4)ncn3)cccc2s1. The number of benzene rings is 2. The molecule has 2 aromatic heterocycles. The van der Waals surface area contributed by atoms with E-state index in [4.69, 9.17) is 4.74 Å². The third-order valence-electron chi connectivity index (χ3n) is 6.09. The van der Waals surface area contributed by atoms with Gasteiger partial charge < -0.3 is 20.7 Å². The number of para-hydroxylation sites is 1. The van der Waals surface area contributed by atoms with Crippen molar-refractivity contribution in [2.24, 2.45) is 0 Å². The van der Waals surface area contributed by atoms with Gasteiger partial charge in [-0.25, -0.2) is 15.0 Å². The molecule has 0 saturated carbocycles. The molecule has 0 aliphatic carbocycles. The van der Waals surface area contributed by atoms with Crippen LogP contribution in [-0.4, -0.2) is 38.8 Å². The Morgan fingerprint density at radius 1 is 1.10 bits per heavy atom. The number of nitrogens with one attached hydrogen (secondary N) is 3. The lowest BCUT2D eigenvalue weighted by Gasteiger charge is -2.17. The molecule has 3 heterocycles. The van der Waals surface area contributed by atoms with E-state index >= 15 is 0 Å². The second-order valence-corrected chi connectivity index (χ2v) is 10.1. The summed E-state index contributed by atoms with van der Waals surface area (Å²) in [6, 6.07) is 9.46. The predicted octanol–water partition coefficient (Wildman–Crippen LogP) is 5.60. The van der Waals surface area contributed by atoms with Gasteiger partial charge in [0.2, 0.25) is 17.7 Å². The maximum Gasteiger partial charge on any atom is 0.416 e. The smallest absolute Gasteiger partial charge is 0.416 e. The molecule has 2 aromatic carbocycles. The van der Waals surface area contributed by atoms with Gasteiger partial charge in [0.05, 0.1) is 27.7 Å². The minimum atomic E-state index is -4.60. The van der Waals surface area contributed by atoms with Gasteiger partial charge in [0.1, 0.15) is 11.8 Å². The van der Waals surface area contributed by atoms with Gasteiger partial charge in [0.25, 0.3) is 0 Å². The van der Waals surface area contributed by atoms with Crippen LogP contribution >= 0.6 is 11.3 Å².